The topological polar surface area (TPSA) is 24.9 Å². The number of rotatable bonds is 6. The Kier molecular flexibility index (Phi) is 5.77. The van der Waals surface area contributed by atoms with Gasteiger partial charge in [-0.3, -0.25) is 0 Å². The van der Waals surface area contributed by atoms with Crippen molar-refractivity contribution in [1.82, 2.24) is 4.98 Å². The Labute approximate surface area is 128 Å². The Morgan fingerprint density at radius 1 is 1.20 bits per heavy atom. The predicted octanol–water partition coefficient (Wildman–Crippen LogP) is 5.27. The van der Waals surface area contributed by atoms with E-state index in [2.05, 4.69) is 47.5 Å². The van der Waals surface area contributed by atoms with Crippen LogP contribution < -0.4 is 4.72 Å². The van der Waals surface area contributed by atoms with Crippen molar-refractivity contribution in [3.63, 3.8) is 0 Å². The molecular formula is C16H16N2S2. The summed E-state index contributed by atoms with van der Waals surface area (Å²) in [7, 11) is 0. The highest BCUT2D eigenvalue weighted by molar-refractivity contribution is 8.22. The van der Waals surface area contributed by atoms with Crippen molar-refractivity contribution in [3.8, 4) is 0 Å². The molecule has 2 nitrogen and oxygen atoms in total. The lowest BCUT2D eigenvalue weighted by Crippen LogP contribution is -1.87. The number of nitrogens with one attached hydrogen (secondary N) is 1. The van der Waals surface area contributed by atoms with Crippen LogP contribution in [0, 0.1) is 6.92 Å². The summed E-state index contributed by atoms with van der Waals surface area (Å²) in [5, 5.41) is 0.971. The van der Waals surface area contributed by atoms with E-state index in [-0.39, 0.29) is 0 Å². The molecule has 1 aromatic carbocycles. The largest absolute Gasteiger partial charge is 0.325 e. The first-order chi connectivity index (χ1) is 9.78. The Hall–Kier alpha value is -1.65. The molecule has 0 aliphatic heterocycles. The third-order valence-electron chi connectivity index (χ3n) is 2.42. The summed E-state index contributed by atoms with van der Waals surface area (Å²) in [5.74, 6) is 0. The Morgan fingerprint density at radius 2 is 2.00 bits per heavy atom. The molecule has 0 aliphatic rings. The zero-order valence-corrected chi connectivity index (χ0v) is 12.9. The van der Waals surface area contributed by atoms with Crippen LogP contribution in [0.25, 0.3) is 0 Å². The minimum atomic E-state index is 0.971. The van der Waals surface area contributed by atoms with Gasteiger partial charge in [-0.1, -0.05) is 48.2 Å². The average molecular weight is 300 g/mol. The number of aromatic nitrogens is 1. The molecule has 0 saturated heterocycles. The van der Waals surface area contributed by atoms with Gasteiger partial charge >= 0.3 is 0 Å². The molecule has 2 aromatic rings. The molecule has 20 heavy (non-hydrogen) atoms. The minimum Gasteiger partial charge on any atom is -0.325 e. The SMILES string of the molecule is C=C/C=C(/SNc1ccc(C)cc1)Sc1ccccn1. The van der Waals surface area contributed by atoms with Crippen molar-refractivity contribution in [2.24, 2.45) is 0 Å². The zero-order valence-electron chi connectivity index (χ0n) is 11.2. The Balaban J connectivity index is 1.98. The number of thioether (sulfide) groups is 1. The van der Waals surface area contributed by atoms with Gasteiger partial charge in [0, 0.05) is 11.9 Å². The van der Waals surface area contributed by atoms with Crippen molar-refractivity contribution < 1.29 is 0 Å². The van der Waals surface area contributed by atoms with Gasteiger partial charge in [0.15, 0.2) is 0 Å². The second-order valence-electron chi connectivity index (χ2n) is 4.06. The normalized spacial score (nSPS) is 11.2. The van der Waals surface area contributed by atoms with Gasteiger partial charge in [0.2, 0.25) is 0 Å². The summed E-state index contributed by atoms with van der Waals surface area (Å²) in [4.78, 5) is 4.31. The molecule has 0 unspecified atom stereocenters. The lowest BCUT2D eigenvalue weighted by atomic mass is 10.2. The summed E-state index contributed by atoms with van der Waals surface area (Å²) in [6, 6.07) is 14.2. The summed E-state index contributed by atoms with van der Waals surface area (Å²) in [6.07, 6.45) is 5.56. The van der Waals surface area contributed by atoms with Gasteiger partial charge < -0.3 is 4.72 Å². The second kappa shape index (κ2) is 7.82. The predicted molar refractivity (Wildman–Crippen MR) is 90.8 cm³/mol. The molecule has 0 bridgehead atoms. The standard InChI is InChI=1S/C16H16N2S2/c1-3-6-16(19-15-7-4-5-12-17-15)20-18-14-10-8-13(2)9-11-14/h3-12,18H,1H2,2H3/b16-6+. The van der Waals surface area contributed by atoms with E-state index in [0.717, 1.165) is 15.0 Å². The fourth-order valence-corrected chi connectivity index (χ4v) is 3.12. The van der Waals surface area contributed by atoms with Crippen LogP contribution in [0.15, 0.2) is 76.7 Å². The van der Waals surface area contributed by atoms with Crippen molar-refractivity contribution in [3.05, 3.63) is 77.2 Å². The summed E-state index contributed by atoms with van der Waals surface area (Å²) in [6.45, 7) is 5.84. The van der Waals surface area contributed by atoms with Crippen LogP contribution in [0.1, 0.15) is 5.56 Å². The molecule has 0 saturated carbocycles. The fourth-order valence-electron chi connectivity index (χ4n) is 1.43. The first kappa shape index (κ1) is 14.8. The number of nitrogens with zero attached hydrogens (tertiary/aromatic N) is 1. The van der Waals surface area contributed by atoms with Gasteiger partial charge in [0.1, 0.15) is 5.03 Å². The van der Waals surface area contributed by atoms with Gasteiger partial charge in [-0.2, -0.15) is 0 Å². The van der Waals surface area contributed by atoms with Crippen LogP contribution in [0.4, 0.5) is 5.69 Å². The molecule has 0 radical (unpaired) electrons. The lowest BCUT2D eigenvalue weighted by Gasteiger charge is -2.08. The molecule has 0 atom stereocenters. The first-order valence-corrected chi connectivity index (χ1v) is 7.82. The van der Waals surface area contributed by atoms with E-state index in [1.807, 2.05) is 24.3 Å². The fraction of sp³-hybridized carbons (Fsp3) is 0.0625. The second-order valence-corrected chi connectivity index (χ2v) is 6.23. The highest BCUT2D eigenvalue weighted by atomic mass is 32.2. The Morgan fingerprint density at radius 3 is 2.65 bits per heavy atom. The zero-order chi connectivity index (χ0) is 14.2. The lowest BCUT2D eigenvalue weighted by molar-refractivity contribution is 1.14. The third-order valence-corrected chi connectivity index (χ3v) is 4.38. The third kappa shape index (κ3) is 4.79. The van der Waals surface area contributed by atoms with E-state index in [0.29, 0.717) is 0 Å². The monoisotopic (exact) mass is 300 g/mol. The molecule has 0 fully saturated rings. The van der Waals surface area contributed by atoms with E-state index < -0.39 is 0 Å². The van der Waals surface area contributed by atoms with E-state index in [9.17, 15) is 0 Å². The van der Waals surface area contributed by atoms with Crippen molar-refractivity contribution in [2.75, 3.05) is 4.72 Å². The minimum absolute atomic E-state index is 0.971. The highest BCUT2D eigenvalue weighted by Crippen LogP contribution is 2.34. The maximum atomic E-state index is 4.31. The van der Waals surface area contributed by atoms with Crippen LogP contribution in [-0.2, 0) is 0 Å². The van der Waals surface area contributed by atoms with Crippen LogP contribution in [0.5, 0.6) is 0 Å². The molecular weight excluding hydrogens is 284 g/mol. The quantitative estimate of drug-likeness (QED) is 0.446. The van der Waals surface area contributed by atoms with Gasteiger partial charge in [0.25, 0.3) is 0 Å². The summed E-state index contributed by atoms with van der Waals surface area (Å²) < 4.78 is 4.43. The molecule has 4 heteroatoms. The average Bonchev–Trinajstić information content (AvgIpc) is 2.48. The van der Waals surface area contributed by atoms with Gasteiger partial charge in [-0.25, -0.2) is 4.98 Å². The van der Waals surface area contributed by atoms with Crippen LogP contribution in [-0.4, -0.2) is 4.98 Å². The maximum Gasteiger partial charge on any atom is 0.101 e. The number of pyridine rings is 1. The summed E-state index contributed by atoms with van der Waals surface area (Å²) >= 11 is 3.18. The van der Waals surface area contributed by atoms with Crippen LogP contribution >= 0.6 is 23.7 Å². The summed E-state index contributed by atoms with van der Waals surface area (Å²) in [5.41, 5.74) is 2.34. The van der Waals surface area contributed by atoms with Crippen molar-refractivity contribution in [1.29, 1.82) is 0 Å². The molecule has 1 aromatic heterocycles. The molecule has 102 valence electrons. The van der Waals surface area contributed by atoms with E-state index in [4.69, 9.17) is 0 Å². The van der Waals surface area contributed by atoms with Crippen LogP contribution in [0.2, 0.25) is 0 Å². The number of aryl methyl sites for hydroxylation is 1. The van der Waals surface area contributed by atoms with E-state index >= 15 is 0 Å². The van der Waals surface area contributed by atoms with Crippen molar-refractivity contribution in [2.45, 2.75) is 11.9 Å². The Bertz CT molecular complexity index is 577. The highest BCUT2D eigenvalue weighted by Gasteiger charge is 2.02. The number of hydrogen-bond acceptors (Lipinski definition) is 4. The maximum absolute atomic E-state index is 4.31. The van der Waals surface area contributed by atoms with Crippen molar-refractivity contribution >= 4 is 29.4 Å². The van der Waals surface area contributed by atoms with Gasteiger partial charge in [-0.15, -0.1) is 0 Å². The van der Waals surface area contributed by atoms with Crippen LogP contribution in [0.3, 0.4) is 0 Å². The van der Waals surface area contributed by atoms with Gasteiger partial charge in [-0.05, 0) is 49.2 Å². The molecule has 1 heterocycles. The first-order valence-electron chi connectivity index (χ1n) is 6.19. The number of allylic oxidation sites excluding steroid dienone is 2. The number of hydrogen-bond donors (Lipinski definition) is 1. The molecule has 2 rings (SSSR count). The molecule has 0 amide bonds. The molecule has 1 N–H and O–H groups in total. The van der Waals surface area contributed by atoms with E-state index in [1.165, 1.54) is 5.56 Å². The number of anilines is 1. The smallest absolute Gasteiger partial charge is 0.101 e. The molecule has 0 aliphatic carbocycles. The van der Waals surface area contributed by atoms with E-state index in [1.54, 1.807) is 36.0 Å². The molecule has 0 spiro atoms. The van der Waals surface area contributed by atoms with Gasteiger partial charge in [0.05, 0.1) is 4.24 Å². The number of benzene rings is 1.